The summed E-state index contributed by atoms with van der Waals surface area (Å²) in [5.74, 6) is 2.04. The number of nitrogens with one attached hydrogen (secondary N) is 1. The zero-order chi connectivity index (χ0) is 18.7. The number of rotatable bonds is 5. The van der Waals surface area contributed by atoms with Crippen molar-refractivity contribution in [3.05, 3.63) is 34.5 Å². The molecule has 3 heterocycles. The minimum Gasteiger partial charge on any atom is -0.473 e. The van der Waals surface area contributed by atoms with Crippen LogP contribution in [0.5, 0.6) is 5.88 Å². The van der Waals surface area contributed by atoms with Crippen LogP contribution in [0.4, 0.5) is 5.13 Å². The number of ether oxygens (including phenoxy) is 1. The summed E-state index contributed by atoms with van der Waals surface area (Å²) in [5, 5.41) is 3.14. The zero-order valence-corrected chi connectivity index (χ0v) is 16.4. The summed E-state index contributed by atoms with van der Waals surface area (Å²) in [6.45, 7) is 1.75. The normalized spacial score (nSPS) is 16.3. The highest BCUT2D eigenvalue weighted by Gasteiger charge is 2.20. The molecule has 0 aromatic carbocycles. The third-order valence-electron chi connectivity index (χ3n) is 3.79. The average Bonchev–Trinajstić information content (AvgIpc) is 3.24. The second-order valence-electron chi connectivity index (χ2n) is 6.07. The molecule has 2 aromatic rings. The van der Waals surface area contributed by atoms with Crippen LogP contribution in [0.3, 0.4) is 0 Å². The summed E-state index contributed by atoms with van der Waals surface area (Å²) in [6.07, 6.45) is 2.69. The Morgan fingerprint density at radius 1 is 1.38 bits per heavy atom. The van der Waals surface area contributed by atoms with E-state index < -0.39 is 0 Å². The molecule has 0 spiro atoms. The average molecular weight is 393 g/mol. The van der Waals surface area contributed by atoms with Crippen molar-refractivity contribution in [3.8, 4) is 5.88 Å². The van der Waals surface area contributed by atoms with Crippen LogP contribution in [-0.4, -0.2) is 58.4 Å². The number of thioether (sulfide) groups is 1. The van der Waals surface area contributed by atoms with Gasteiger partial charge in [0.25, 0.3) is 11.8 Å². The summed E-state index contributed by atoms with van der Waals surface area (Å²) in [6, 6.07) is 3.25. The van der Waals surface area contributed by atoms with Gasteiger partial charge in [-0.05, 0) is 25.2 Å². The van der Waals surface area contributed by atoms with Crippen LogP contribution in [0.15, 0.2) is 18.3 Å². The maximum absolute atomic E-state index is 12.5. The Kier molecular flexibility index (Phi) is 5.77. The molecule has 7 nitrogen and oxygen atoms in total. The second-order valence-corrected chi connectivity index (χ2v) is 8.22. The lowest BCUT2D eigenvalue weighted by atomic mass is 10.2. The van der Waals surface area contributed by atoms with Crippen LogP contribution in [0.1, 0.15) is 32.1 Å². The van der Waals surface area contributed by atoms with Gasteiger partial charge in [-0.25, -0.2) is 9.97 Å². The smallest absolute Gasteiger partial charge is 0.265 e. The number of carbonyl (C=O) groups is 2. The van der Waals surface area contributed by atoms with E-state index >= 15 is 0 Å². The van der Waals surface area contributed by atoms with Crippen LogP contribution in [0.2, 0.25) is 0 Å². The molecule has 2 aromatic heterocycles. The fourth-order valence-electron chi connectivity index (χ4n) is 2.41. The van der Waals surface area contributed by atoms with E-state index in [0.717, 1.165) is 17.9 Å². The highest BCUT2D eigenvalue weighted by molar-refractivity contribution is 7.99. The van der Waals surface area contributed by atoms with Crippen molar-refractivity contribution in [1.82, 2.24) is 14.9 Å². The lowest BCUT2D eigenvalue weighted by molar-refractivity contribution is 0.0831. The summed E-state index contributed by atoms with van der Waals surface area (Å²) in [4.78, 5) is 35.1. The minimum absolute atomic E-state index is 0.130. The second kappa shape index (κ2) is 8.05. The van der Waals surface area contributed by atoms with Crippen molar-refractivity contribution in [2.75, 3.05) is 30.9 Å². The van der Waals surface area contributed by atoms with Crippen molar-refractivity contribution < 1.29 is 14.3 Å². The molecule has 1 atom stereocenters. The van der Waals surface area contributed by atoms with Crippen LogP contribution in [-0.2, 0) is 0 Å². The van der Waals surface area contributed by atoms with E-state index in [2.05, 4.69) is 15.3 Å². The molecular weight excluding hydrogens is 372 g/mol. The molecule has 1 aliphatic heterocycles. The predicted octanol–water partition coefficient (Wildman–Crippen LogP) is 2.68. The van der Waals surface area contributed by atoms with E-state index in [1.165, 1.54) is 16.2 Å². The largest absolute Gasteiger partial charge is 0.473 e. The number of hydrogen-bond donors (Lipinski definition) is 1. The Balaban J connectivity index is 1.70. The monoisotopic (exact) mass is 392 g/mol. The SMILES string of the molecule is Cc1nc(NC(=O)c2ccnc(OC3CCSC3)c2)sc1C(=O)N(C)C. The summed E-state index contributed by atoms with van der Waals surface area (Å²) in [7, 11) is 3.36. The highest BCUT2D eigenvalue weighted by atomic mass is 32.2. The molecule has 0 radical (unpaired) electrons. The molecular formula is C17H20N4O3S2. The molecule has 138 valence electrons. The van der Waals surface area contributed by atoms with Gasteiger partial charge in [0.1, 0.15) is 11.0 Å². The van der Waals surface area contributed by atoms with Crippen LogP contribution >= 0.6 is 23.1 Å². The van der Waals surface area contributed by atoms with E-state index in [9.17, 15) is 9.59 Å². The van der Waals surface area contributed by atoms with Crippen LogP contribution < -0.4 is 10.1 Å². The molecule has 0 bridgehead atoms. The molecule has 2 amide bonds. The van der Waals surface area contributed by atoms with E-state index in [1.54, 1.807) is 39.3 Å². The first-order valence-corrected chi connectivity index (χ1v) is 10.1. The number of thiazole rings is 1. The summed E-state index contributed by atoms with van der Waals surface area (Å²) >= 11 is 3.02. The standard InChI is InChI=1S/C17H20N4O3S2/c1-10-14(16(23)21(2)3)26-17(19-10)20-15(22)11-4-6-18-13(8-11)24-12-5-7-25-9-12/h4,6,8,12H,5,7,9H2,1-3H3,(H,19,20,22). The first-order chi connectivity index (χ1) is 12.4. The fraction of sp³-hybridized carbons (Fsp3) is 0.412. The number of aromatic nitrogens is 2. The zero-order valence-electron chi connectivity index (χ0n) is 14.8. The third-order valence-corrected chi connectivity index (χ3v) is 5.98. The van der Waals surface area contributed by atoms with Crippen molar-refractivity contribution in [1.29, 1.82) is 0 Å². The van der Waals surface area contributed by atoms with Gasteiger partial charge in [-0.1, -0.05) is 11.3 Å². The lowest BCUT2D eigenvalue weighted by Crippen LogP contribution is -2.21. The Morgan fingerprint density at radius 3 is 2.88 bits per heavy atom. The first kappa shape index (κ1) is 18.7. The van der Waals surface area contributed by atoms with Crippen molar-refractivity contribution in [2.45, 2.75) is 19.4 Å². The first-order valence-electron chi connectivity index (χ1n) is 8.15. The molecule has 0 saturated carbocycles. The summed E-state index contributed by atoms with van der Waals surface area (Å²) < 4.78 is 5.82. The molecule has 1 aliphatic rings. The maximum atomic E-state index is 12.5. The molecule has 1 unspecified atom stereocenters. The molecule has 0 aliphatic carbocycles. The van der Waals surface area contributed by atoms with Gasteiger partial charge < -0.3 is 9.64 Å². The highest BCUT2D eigenvalue weighted by Crippen LogP contribution is 2.25. The van der Waals surface area contributed by atoms with E-state index in [-0.39, 0.29) is 17.9 Å². The van der Waals surface area contributed by atoms with Gasteiger partial charge in [-0.15, -0.1) is 0 Å². The minimum atomic E-state index is -0.310. The number of pyridine rings is 1. The predicted molar refractivity (Wildman–Crippen MR) is 103 cm³/mol. The van der Waals surface area contributed by atoms with Crippen molar-refractivity contribution >= 4 is 40.0 Å². The molecule has 9 heteroatoms. The molecule has 3 rings (SSSR count). The quantitative estimate of drug-likeness (QED) is 0.842. The van der Waals surface area contributed by atoms with E-state index in [4.69, 9.17) is 4.74 Å². The maximum Gasteiger partial charge on any atom is 0.265 e. The molecule has 1 fully saturated rings. The Morgan fingerprint density at radius 2 is 2.19 bits per heavy atom. The molecule has 1 N–H and O–H groups in total. The number of aryl methyl sites for hydroxylation is 1. The van der Waals surface area contributed by atoms with E-state index in [0.29, 0.717) is 27.1 Å². The van der Waals surface area contributed by atoms with Gasteiger partial charge in [-0.3, -0.25) is 14.9 Å². The number of carbonyl (C=O) groups excluding carboxylic acids is 2. The van der Waals surface area contributed by atoms with Gasteiger partial charge in [0, 0.05) is 37.7 Å². The number of anilines is 1. The lowest BCUT2D eigenvalue weighted by Gasteiger charge is -2.11. The fourth-order valence-corrected chi connectivity index (χ4v) is 4.49. The molecule has 1 saturated heterocycles. The Hall–Kier alpha value is -2.13. The number of hydrogen-bond acceptors (Lipinski definition) is 7. The van der Waals surface area contributed by atoms with E-state index in [1.807, 2.05) is 11.8 Å². The van der Waals surface area contributed by atoms with Gasteiger partial charge in [0.05, 0.1) is 5.69 Å². The van der Waals surface area contributed by atoms with Crippen molar-refractivity contribution in [2.24, 2.45) is 0 Å². The van der Waals surface area contributed by atoms with Crippen LogP contribution in [0.25, 0.3) is 0 Å². The van der Waals surface area contributed by atoms with Gasteiger partial charge in [0.15, 0.2) is 5.13 Å². The van der Waals surface area contributed by atoms with Gasteiger partial charge in [0.2, 0.25) is 5.88 Å². The van der Waals surface area contributed by atoms with Crippen LogP contribution in [0, 0.1) is 6.92 Å². The Bertz CT molecular complexity index is 816. The van der Waals surface area contributed by atoms with Gasteiger partial charge in [-0.2, -0.15) is 11.8 Å². The summed E-state index contributed by atoms with van der Waals surface area (Å²) in [5.41, 5.74) is 1.04. The molecule has 26 heavy (non-hydrogen) atoms. The topological polar surface area (TPSA) is 84.4 Å². The number of nitrogens with zero attached hydrogens (tertiary/aromatic N) is 3. The Labute approximate surface area is 160 Å². The van der Waals surface area contributed by atoms with Crippen molar-refractivity contribution in [3.63, 3.8) is 0 Å². The third kappa shape index (κ3) is 4.34. The number of amides is 2. The van der Waals surface area contributed by atoms with Gasteiger partial charge >= 0.3 is 0 Å².